The minimum atomic E-state index is -0.352. The van der Waals surface area contributed by atoms with Gasteiger partial charge in [0.25, 0.3) is 5.69 Å². The van der Waals surface area contributed by atoms with Crippen molar-refractivity contribution in [2.45, 2.75) is 19.0 Å². The van der Waals surface area contributed by atoms with E-state index in [1.807, 2.05) is 34.9 Å². The van der Waals surface area contributed by atoms with Crippen LogP contribution in [0.15, 0.2) is 42.5 Å². The fraction of sp³-hybridized carbons (Fsp3) is 0.458. The summed E-state index contributed by atoms with van der Waals surface area (Å²) in [7, 11) is 0. The molecule has 0 saturated carbocycles. The lowest BCUT2D eigenvalue weighted by Gasteiger charge is -2.50. The molecule has 174 valence electrons. The van der Waals surface area contributed by atoms with Gasteiger partial charge in [0, 0.05) is 73.6 Å². The van der Waals surface area contributed by atoms with Crippen molar-refractivity contribution in [1.29, 1.82) is 0 Å². The Balaban J connectivity index is 1.43. The number of rotatable bonds is 4. The SMILES string of the molecule is O=C(C1Cc2cc([N+](=O)[O-])ccc2N2CCN(Cc3ccc(Cl)cc3)CC12)N1CCSCC1. The number of piperazine rings is 1. The Kier molecular flexibility index (Phi) is 6.49. The molecule has 0 spiro atoms. The van der Waals surface area contributed by atoms with Crippen LogP contribution in [-0.2, 0) is 17.8 Å². The Morgan fingerprint density at radius 3 is 2.58 bits per heavy atom. The zero-order chi connectivity index (χ0) is 22.9. The average molecular weight is 487 g/mol. The van der Waals surface area contributed by atoms with E-state index in [1.165, 1.54) is 5.56 Å². The third kappa shape index (κ3) is 4.69. The van der Waals surface area contributed by atoms with Gasteiger partial charge in [-0.25, -0.2) is 0 Å². The average Bonchev–Trinajstić information content (AvgIpc) is 2.84. The van der Waals surface area contributed by atoms with Crippen molar-refractivity contribution in [3.05, 3.63) is 68.7 Å². The second-order valence-electron chi connectivity index (χ2n) is 8.94. The number of fused-ring (bicyclic) bond motifs is 3. The molecule has 7 nitrogen and oxygen atoms in total. The lowest BCUT2D eigenvalue weighted by molar-refractivity contribution is -0.384. The number of benzene rings is 2. The molecule has 2 aromatic carbocycles. The highest BCUT2D eigenvalue weighted by atomic mass is 35.5. The van der Waals surface area contributed by atoms with E-state index in [2.05, 4.69) is 21.9 Å². The maximum Gasteiger partial charge on any atom is 0.269 e. The fourth-order valence-electron chi connectivity index (χ4n) is 5.28. The number of hydrogen-bond acceptors (Lipinski definition) is 6. The van der Waals surface area contributed by atoms with E-state index in [0.717, 1.165) is 67.0 Å². The first-order valence-electron chi connectivity index (χ1n) is 11.4. The highest BCUT2D eigenvalue weighted by molar-refractivity contribution is 7.99. The van der Waals surface area contributed by atoms with Crippen LogP contribution in [0.2, 0.25) is 5.02 Å². The summed E-state index contributed by atoms with van der Waals surface area (Å²) in [6.07, 6.45) is 0.551. The van der Waals surface area contributed by atoms with Gasteiger partial charge in [-0.3, -0.25) is 19.8 Å². The quantitative estimate of drug-likeness (QED) is 0.485. The van der Waals surface area contributed by atoms with Crippen LogP contribution in [0.5, 0.6) is 0 Å². The molecule has 1 amide bonds. The Morgan fingerprint density at radius 2 is 1.85 bits per heavy atom. The van der Waals surface area contributed by atoms with E-state index in [9.17, 15) is 14.9 Å². The Morgan fingerprint density at radius 1 is 1.09 bits per heavy atom. The van der Waals surface area contributed by atoms with Crippen molar-refractivity contribution in [2.24, 2.45) is 5.92 Å². The summed E-state index contributed by atoms with van der Waals surface area (Å²) in [5, 5.41) is 12.1. The van der Waals surface area contributed by atoms with Crippen molar-refractivity contribution < 1.29 is 9.72 Å². The zero-order valence-electron chi connectivity index (χ0n) is 18.4. The summed E-state index contributed by atoms with van der Waals surface area (Å²) >= 11 is 7.93. The topological polar surface area (TPSA) is 69.9 Å². The molecule has 3 aliphatic rings. The highest BCUT2D eigenvalue weighted by Crippen LogP contribution is 2.39. The van der Waals surface area contributed by atoms with Gasteiger partial charge in [-0.15, -0.1) is 0 Å². The number of anilines is 1. The zero-order valence-corrected chi connectivity index (χ0v) is 19.9. The first kappa shape index (κ1) is 22.5. The van der Waals surface area contributed by atoms with Crippen molar-refractivity contribution in [1.82, 2.24) is 9.80 Å². The molecule has 2 fully saturated rings. The van der Waals surface area contributed by atoms with Crippen LogP contribution in [0.3, 0.4) is 0 Å². The van der Waals surface area contributed by atoms with Gasteiger partial charge in [-0.05, 0) is 35.7 Å². The molecule has 33 heavy (non-hydrogen) atoms. The Hall–Kier alpha value is -2.29. The molecule has 0 radical (unpaired) electrons. The van der Waals surface area contributed by atoms with Gasteiger partial charge in [0.05, 0.1) is 16.9 Å². The molecule has 0 bridgehead atoms. The van der Waals surface area contributed by atoms with Gasteiger partial charge < -0.3 is 9.80 Å². The molecular formula is C24H27ClN4O3S. The molecule has 2 atom stereocenters. The molecule has 0 N–H and O–H groups in total. The number of thioether (sulfide) groups is 1. The molecule has 3 heterocycles. The van der Waals surface area contributed by atoms with E-state index in [0.29, 0.717) is 6.42 Å². The third-order valence-electron chi connectivity index (χ3n) is 6.95. The van der Waals surface area contributed by atoms with Crippen LogP contribution in [0, 0.1) is 16.0 Å². The fourth-order valence-corrected chi connectivity index (χ4v) is 6.31. The first-order chi connectivity index (χ1) is 16.0. The number of nitro groups is 1. The maximum absolute atomic E-state index is 13.7. The second-order valence-corrected chi connectivity index (χ2v) is 10.6. The smallest absolute Gasteiger partial charge is 0.269 e. The van der Waals surface area contributed by atoms with E-state index in [-0.39, 0.29) is 28.5 Å². The summed E-state index contributed by atoms with van der Waals surface area (Å²) in [5.74, 6) is 1.93. The van der Waals surface area contributed by atoms with Crippen LogP contribution in [0.25, 0.3) is 0 Å². The van der Waals surface area contributed by atoms with Gasteiger partial charge in [0.2, 0.25) is 5.91 Å². The first-order valence-corrected chi connectivity index (χ1v) is 12.9. The number of hydrogen-bond donors (Lipinski definition) is 0. The second kappa shape index (κ2) is 9.52. The van der Waals surface area contributed by atoms with Crippen LogP contribution in [-0.4, -0.2) is 70.9 Å². The molecule has 3 aliphatic heterocycles. The third-order valence-corrected chi connectivity index (χ3v) is 8.14. The minimum absolute atomic E-state index is 0.0575. The summed E-state index contributed by atoms with van der Waals surface area (Å²) in [5.41, 5.74) is 3.25. The van der Waals surface area contributed by atoms with Crippen molar-refractivity contribution >= 4 is 40.6 Å². The number of carbonyl (C=O) groups is 1. The highest BCUT2D eigenvalue weighted by Gasteiger charge is 2.43. The lowest BCUT2D eigenvalue weighted by Crippen LogP contribution is -2.61. The maximum atomic E-state index is 13.7. The van der Waals surface area contributed by atoms with E-state index >= 15 is 0 Å². The molecule has 0 aliphatic carbocycles. The summed E-state index contributed by atoms with van der Waals surface area (Å²) in [6, 6.07) is 13.1. The standard InChI is InChI=1S/C24H27ClN4O3S/c25-19-3-1-17(2-4-19)15-26-7-8-28-22-6-5-20(29(31)32)13-18(22)14-21(23(28)16-26)24(30)27-9-11-33-12-10-27/h1-6,13,21,23H,7-12,14-16H2. The van der Waals surface area contributed by atoms with Crippen LogP contribution in [0.1, 0.15) is 11.1 Å². The van der Waals surface area contributed by atoms with Crippen molar-refractivity contribution in [3.8, 4) is 0 Å². The summed E-state index contributed by atoms with van der Waals surface area (Å²) in [6.45, 7) is 4.83. The van der Waals surface area contributed by atoms with Crippen LogP contribution >= 0.6 is 23.4 Å². The van der Waals surface area contributed by atoms with Crippen molar-refractivity contribution in [3.63, 3.8) is 0 Å². The molecule has 2 unspecified atom stereocenters. The van der Waals surface area contributed by atoms with E-state index in [4.69, 9.17) is 11.6 Å². The normalized spacial score (nSPS) is 23.1. The molecular weight excluding hydrogens is 460 g/mol. The van der Waals surface area contributed by atoms with E-state index in [1.54, 1.807) is 12.1 Å². The van der Waals surface area contributed by atoms with Crippen LogP contribution < -0.4 is 4.90 Å². The Labute approximate surface area is 202 Å². The predicted molar refractivity (Wildman–Crippen MR) is 132 cm³/mol. The van der Waals surface area contributed by atoms with Gasteiger partial charge in [-0.1, -0.05) is 23.7 Å². The number of nitrogens with zero attached hydrogens (tertiary/aromatic N) is 4. The van der Waals surface area contributed by atoms with Crippen molar-refractivity contribution in [2.75, 3.05) is 49.1 Å². The molecule has 9 heteroatoms. The molecule has 5 rings (SSSR count). The van der Waals surface area contributed by atoms with Gasteiger partial charge in [0.15, 0.2) is 0 Å². The van der Waals surface area contributed by atoms with Crippen LogP contribution in [0.4, 0.5) is 11.4 Å². The number of halogens is 1. The molecule has 2 saturated heterocycles. The number of nitro benzene ring substituents is 1. The lowest BCUT2D eigenvalue weighted by atomic mass is 9.82. The van der Waals surface area contributed by atoms with Gasteiger partial charge in [0.1, 0.15) is 0 Å². The number of carbonyl (C=O) groups excluding carboxylic acids is 1. The molecule has 0 aromatic heterocycles. The predicted octanol–water partition coefficient (Wildman–Crippen LogP) is 3.69. The minimum Gasteiger partial charge on any atom is -0.365 e. The number of non-ortho nitro benzene ring substituents is 1. The van der Waals surface area contributed by atoms with Gasteiger partial charge in [-0.2, -0.15) is 11.8 Å². The van der Waals surface area contributed by atoms with E-state index < -0.39 is 0 Å². The summed E-state index contributed by atoms with van der Waals surface area (Å²) < 4.78 is 0. The monoisotopic (exact) mass is 486 g/mol. The van der Waals surface area contributed by atoms with Gasteiger partial charge >= 0.3 is 0 Å². The molecule has 2 aromatic rings. The largest absolute Gasteiger partial charge is 0.365 e. The number of amides is 1. The Bertz CT molecular complexity index is 1040. The summed E-state index contributed by atoms with van der Waals surface area (Å²) in [4.78, 5) is 31.4.